The number of nitrogens with one attached hydrogen (secondary N) is 1. The fourth-order valence-corrected chi connectivity index (χ4v) is 1.96. The molecule has 15 heavy (non-hydrogen) atoms. The molecule has 0 heterocycles. The zero-order chi connectivity index (χ0) is 11.3. The first-order valence-electron chi connectivity index (χ1n) is 5.93. The standard InChI is InChI=1S/C14H23N/c1-5-15-10-9-12(3)14-8-6-7-11(2)13(14)4/h6-8,12,15H,5,9-10H2,1-4H3. The highest BCUT2D eigenvalue weighted by atomic mass is 14.8. The zero-order valence-electron chi connectivity index (χ0n) is 10.4. The molecule has 0 aromatic heterocycles. The number of hydrogen-bond donors (Lipinski definition) is 1. The molecule has 0 radical (unpaired) electrons. The summed E-state index contributed by atoms with van der Waals surface area (Å²) in [6, 6.07) is 6.62. The second-order valence-electron chi connectivity index (χ2n) is 4.33. The molecular weight excluding hydrogens is 182 g/mol. The SMILES string of the molecule is CCNCCC(C)c1cccc(C)c1C. The summed E-state index contributed by atoms with van der Waals surface area (Å²) >= 11 is 0. The van der Waals surface area contributed by atoms with Gasteiger partial charge in [-0.1, -0.05) is 32.0 Å². The van der Waals surface area contributed by atoms with Crippen molar-refractivity contribution in [2.45, 2.75) is 40.0 Å². The topological polar surface area (TPSA) is 12.0 Å². The Labute approximate surface area is 93.9 Å². The highest BCUT2D eigenvalue weighted by Crippen LogP contribution is 2.24. The van der Waals surface area contributed by atoms with Crippen LogP contribution in [0.15, 0.2) is 18.2 Å². The van der Waals surface area contributed by atoms with Crippen molar-refractivity contribution in [3.8, 4) is 0 Å². The lowest BCUT2D eigenvalue weighted by Gasteiger charge is -2.16. The van der Waals surface area contributed by atoms with Gasteiger partial charge in [0.2, 0.25) is 0 Å². The van der Waals surface area contributed by atoms with E-state index in [9.17, 15) is 0 Å². The molecule has 0 saturated carbocycles. The van der Waals surface area contributed by atoms with E-state index in [0.717, 1.165) is 13.1 Å². The van der Waals surface area contributed by atoms with Gasteiger partial charge in [0.25, 0.3) is 0 Å². The van der Waals surface area contributed by atoms with Crippen molar-refractivity contribution in [2.75, 3.05) is 13.1 Å². The molecule has 1 unspecified atom stereocenters. The lowest BCUT2D eigenvalue weighted by molar-refractivity contribution is 0.606. The Hall–Kier alpha value is -0.820. The molecule has 84 valence electrons. The van der Waals surface area contributed by atoms with Crippen LogP contribution in [0.5, 0.6) is 0 Å². The van der Waals surface area contributed by atoms with E-state index in [0.29, 0.717) is 5.92 Å². The molecule has 0 fully saturated rings. The van der Waals surface area contributed by atoms with Crippen molar-refractivity contribution in [3.05, 3.63) is 34.9 Å². The number of aryl methyl sites for hydroxylation is 1. The molecule has 1 heteroatoms. The number of hydrogen-bond acceptors (Lipinski definition) is 1. The average molecular weight is 205 g/mol. The van der Waals surface area contributed by atoms with Crippen LogP contribution in [0.2, 0.25) is 0 Å². The monoisotopic (exact) mass is 205 g/mol. The van der Waals surface area contributed by atoms with Gasteiger partial charge in [-0.2, -0.15) is 0 Å². The molecule has 1 aromatic carbocycles. The second kappa shape index (κ2) is 5.92. The predicted octanol–water partition coefficient (Wildman–Crippen LogP) is 3.41. The second-order valence-corrected chi connectivity index (χ2v) is 4.33. The van der Waals surface area contributed by atoms with Gasteiger partial charge in [0.15, 0.2) is 0 Å². The van der Waals surface area contributed by atoms with Gasteiger partial charge in [0.1, 0.15) is 0 Å². The van der Waals surface area contributed by atoms with Gasteiger partial charge in [-0.15, -0.1) is 0 Å². The van der Waals surface area contributed by atoms with Gasteiger partial charge in [-0.3, -0.25) is 0 Å². The van der Waals surface area contributed by atoms with Crippen LogP contribution in [0, 0.1) is 13.8 Å². The van der Waals surface area contributed by atoms with E-state index in [2.05, 4.69) is 51.2 Å². The van der Waals surface area contributed by atoms with Crippen LogP contribution in [-0.4, -0.2) is 13.1 Å². The lowest BCUT2D eigenvalue weighted by atomic mass is 9.91. The van der Waals surface area contributed by atoms with Gasteiger partial charge >= 0.3 is 0 Å². The minimum atomic E-state index is 0.656. The average Bonchev–Trinajstić information content (AvgIpc) is 2.22. The molecular formula is C14H23N. The van der Waals surface area contributed by atoms with Crippen LogP contribution in [-0.2, 0) is 0 Å². The smallest absolute Gasteiger partial charge is 0.00433 e. The minimum Gasteiger partial charge on any atom is -0.317 e. The Bertz CT molecular complexity index is 304. The van der Waals surface area contributed by atoms with Crippen molar-refractivity contribution in [3.63, 3.8) is 0 Å². The van der Waals surface area contributed by atoms with Crippen LogP contribution in [0.4, 0.5) is 0 Å². The van der Waals surface area contributed by atoms with E-state index in [4.69, 9.17) is 0 Å². The third-order valence-electron chi connectivity index (χ3n) is 3.18. The summed E-state index contributed by atoms with van der Waals surface area (Å²) in [6.45, 7) is 11.1. The van der Waals surface area contributed by atoms with Crippen LogP contribution >= 0.6 is 0 Å². The van der Waals surface area contributed by atoms with E-state index in [-0.39, 0.29) is 0 Å². The summed E-state index contributed by atoms with van der Waals surface area (Å²) in [5.41, 5.74) is 4.37. The van der Waals surface area contributed by atoms with Crippen LogP contribution in [0.3, 0.4) is 0 Å². The van der Waals surface area contributed by atoms with Crippen molar-refractivity contribution < 1.29 is 0 Å². The van der Waals surface area contributed by atoms with E-state index < -0.39 is 0 Å². The maximum absolute atomic E-state index is 3.38. The molecule has 0 aliphatic rings. The lowest BCUT2D eigenvalue weighted by Crippen LogP contribution is -2.16. The largest absolute Gasteiger partial charge is 0.317 e. The van der Waals surface area contributed by atoms with Crippen molar-refractivity contribution in [1.82, 2.24) is 5.32 Å². The Morgan fingerprint density at radius 2 is 2.00 bits per heavy atom. The van der Waals surface area contributed by atoms with E-state index in [1.165, 1.54) is 23.1 Å². The summed E-state index contributed by atoms with van der Waals surface area (Å²) in [7, 11) is 0. The fraction of sp³-hybridized carbons (Fsp3) is 0.571. The highest BCUT2D eigenvalue weighted by molar-refractivity contribution is 5.35. The van der Waals surface area contributed by atoms with E-state index in [1.807, 2.05) is 0 Å². The summed E-state index contributed by atoms with van der Waals surface area (Å²) in [4.78, 5) is 0. The molecule has 1 aromatic rings. The molecule has 0 spiro atoms. The number of benzene rings is 1. The van der Waals surface area contributed by atoms with Gasteiger partial charge < -0.3 is 5.32 Å². The summed E-state index contributed by atoms with van der Waals surface area (Å²) in [6.07, 6.45) is 1.22. The predicted molar refractivity (Wildman–Crippen MR) is 67.5 cm³/mol. The van der Waals surface area contributed by atoms with Crippen LogP contribution in [0.1, 0.15) is 42.9 Å². The summed E-state index contributed by atoms with van der Waals surface area (Å²) in [5, 5.41) is 3.38. The fourth-order valence-electron chi connectivity index (χ4n) is 1.96. The quantitative estimate of drug-likeness (QED) is 0.726. The zero-order valence-corrected chi connectivity index (χ0v) is 10.4. The first-order valence-corrected chi connectivity index (χ1v) is 5.93. The minimum absolute atomic E-state index is 0.656. The molecule has 0 aliphatic carbocycles. The first kappa shape index (κ1) is 12.3. The Kier molecular flexibility index (Phi) is 4.83. The summed E-state index contributed by atoms with van der Waals surface area (Å²) < 4.78 is 0. The normalized spacial score (nSPS) is 12.8. The van der Waals surface area contributed by atoms with E-state index in [1.54, 1.807) is 0 Å². The van der Waals surface area contributed by atoms with Crippen LogP contribution in [0.25, 0.3) is 0 Å². The third-order valence-corrected chi connectivity index (χ3v) is 3.18. The first-order chi connectivity index (χ1) is 7.16. The third kappa shape index (κ3) is 3.35. The molecule has 1 rings (SSSR count). The number of rotatable bonds is 5. The molecule has 0 bridgehead atoms. The summed E-state index contributed by atoms with van der Waals surface area (Å²) in [5.74, 6) is 0.656. The van der Waals surface area contributed by atoms with Gasteiger partial charge in [0, 0.05) is 0 Å². The molecule has 1 nitrogen and oxygen atoms in total. The highest BCUT2D eigenvalue weighted by Gasteiger charge is 2.08. The van der Waals surface area contributed by atoms with Crippen molar-refractivity contribution in [1.29, 1.82) is 0 Å². The molecule has 0 saturated heterocycles. The van der Waals surface area contributed by atoms with Gasteiger partial charge in [-0.25, -0.2) is 0 Å². The van der Waals surface area contributed by atoms with Gasteiger partial charge in [-0.05, 0) is 56.0 Å². The van der Waals surface area contributed by atoms with Crippen molar-refractivity contribution in [2.24, 2.45) is 0 Å². The Morgan fingerprint density at radius 1 is 1.27 bits per heavy atom. The Balaban J connectivity index is 2.65. The molecule has 0 aliphatic heterocycles. The molecule has 0 amide bonds. The maximum Gasteiger partial charge on any atom is -0.00433 e. The molecule has 1 atom stereocenters. The molecule has 1 N–H and O–H groups in total. The van der Waals surface area contributed by atoms with E-state index >= 15 is 0 Å². The van der Waals surface area contributed by atoms with Crippen molar-refractivity contribution >= 4 is 0 Å². The van der Waals surface area contributed by atoms with Crippen LogP contribution < -0.4 is 5.32 Å². The Morgan fingerprint density at radius 3 is 2.67 bits per heavy atom. The van der Waals surface area contributed by atoms with Gasteiger partial charge in [0.05, 0.1) is 0 Å². The maximum atomic E-state index is 3.38.